The van der Waals surface area contributed by atoms with Crippen LogP contribution in [0.25, 0.3) is 0 Å². The molecule has 1 unspecified atom stereocenters. The predicted octanol–water partition coefficient (Wildman–Crippen LogP) is -0.271. The molecule has 0 saturated carbocycles. The molecule has 2 heterocycles. The number of hydrogen-bond acceptors (Lipinski definition) is 6. The summed E-state index contributed by atoms with van der Waals surface area (Å²) >= 11 is 0. The monoisotopic (exact) mass is 268 g/mol. The summed E-state index contributed by atoms with van der Waals surface area (Å²) < 4.78 is 12.2. The van der Waals surface area contributed by atoms with E-state index in [-0.39, 0.29) is 25.2 Å². The maximum Gasteiger partial charge on any atom is 0.327 e. The number of carbonyl (C=O) groups is 1. The maximum atomic E-state index is 11.6. The van der Waals surface area contributed by atoms with Crippen LogP contribution in [0, 0.1) is 0 Å². The second-order valence-corrected chi connectivity index (χ2v) is 4.54. The predicted molar refractivity (Wildman–Crippen MR) is 69.5 cm³/mol. The van der Waals surface area contributed by atoms with Crippen LogP contribution >= 0.6 is 0 Å². The van der Waals surface area contributed by atoms with Crippen molar-refractivity contribution in [2.45, 2.75) is 19.6 Å². The molecule has 7 nitrogen and oxygen atoms in total. The number of nitrogens with two attached hydrogens (primary N) is 1. The van der Waals surface area contributed by atoms with Gasteiger partial charge in [-0.25, -0.2) is 0 Å². The highest BCUT2D eigenvalue weighted by Crippen LogP contribution is 2.05. The van der Waals surface area contributed by atoms with Crippen LogP contribution in [0.4, 0.5) is 5.69 Å². The molecule has 0 radical (unpaired) electrons. The van der Waals surface area contributed by atoms with Crippen LogP contribution in [-0.4, -0.2) is 59.6 Å². The first-order valence-corrected chi connectivity index (χ1v) is 6.45. The van der Waals surface area contributed by atoms with Crippen molar-refractivity contribution >= 4 is 11.7 Å². The Labute approximate surface area is 112 Å². The zero-order valence-electron chi connectivity index (χ0n) is 11.1. The van der Waals surface area contributed by atoms with Crippen molar-refractivity contribution in [3.05, 3.63) is 12.4 Å². The fourth-order valence-electron chi connectivity index (χ4n) is 2.00. The molecule has 1 atom stereocenters. The molecule has 0 amide bonds. The van der Waals surface area contributed by atoms with Crippen LogP contribution in [0.2, 0.25) is 0 Å². The van der Waals surface area contributed by atoms with E-state index in [2.05, 4.69) is 16.9 Å². The Bertz CT molecular complexity index is 421. The van der Waals surface area contributed by atoms with Crippen molar-refractivity contribution in [2.75, 3.05) is 38.6 Å². The van der Waals surface area contributed by atoms with Crippen molar-refractivity contribution in [3.8, 4) is 0 Å². The Balaban J connectivity index is 1.71. The molecule has 0 bridgehead atoms. The highest BCUT2D eigenvalue weighted by atomic mass is 16.6. The summed E-state index contributed by atoms with van der Waals surface area (Å²) in [6.45, 7) is 5.88. The van der Waals surface area contributed by atoms with Crippen molar-refractivity contribution < 1.29 is 14.3 Å². The highest BCUT2D eigenvalue weighted by molar-refractivity contribution is 5.69. The minimum Gasteiger partial charge on any atom is -0.461 e. The third-order valence-electron chi connectivity index (χ3n) is 3.04. The molecular weight excluding hydrogens is 248 g/mol. The summed E-state index contributed by atoms with van der Waals surface area (Å²) in [5, 5.41) is 3.93. The smallest absolute Gasteiger partial charge is 0.327 e. The Morgan fingerprint density at radius 3 is 3.21 bits per heavy atom. The average molecular weight is 268 g/mol. The minimum absolute atomic E-state index is 0.0414. The van der Waals surface area contributed by atoms with Crippen LogP contribution in [-0.2, 0) is 20.8 Å². The molecule has 0 aromatic carbocycles. The van der Waals surface area contributed by atoms with Gasteiger partial charge in [0.15, 0.2) is 0 Å². The summed E-state index contributed by atoms with van der Waals surface area (Å²) in [4.78, 5) is 13.9. The van der Waals surface area contributed by atoms with Gasteiger partial charge in [-0.05, 0) is 6.54 Å². The Kier molecular flexibility index (Phi) is 4.75. The summed E-state index contributed by atoms with van der Waals surface area (Å²) in [5.74, 6) is -0.333. The number of nitrogen functional groups attached to an aromatic ring is 1. The van der Waals surface area contributed by atoms with E-state index in [0.29, 0.717) is 12.3 Å². The quantitative estimate of drug-likeness (QED) is 0.740. The molecule has 2 N–H and O–H groups in total. The lowest BCUT2D eigenvalue weighted by molar-refractivity contribution is -0.151. The van der Waals surface area contributed by atoms with E-state index >= 15 is 0 Å². The fourth-order valence-corrected chi connectivity index (χ4v) is 2.00. The van der Waals surface area contributed by atoms with E-state index in [4.69, 9.17) is 15.2 Å². The number of ether oxygens (including phenoxy) is 2. The molecule has 1 aliphatic rings. The Hall–Kier alpha value is -1.60. The maximum absolute atomic E-state index is 11.6. The summed E-state index contributed by atoms with van der Waals surface area (Å²) in [5.41, 5.74) is 6.04. The molecule has 0 spiro atoms. The van der Waals surface area contributed by atoms with Gasteiger partial charge in [0.2, 0.25) is 0 Å². The van der Waals surface area contributed by atoms with Gasteiger partial charge in [-0.1, -0.05) is 6.92 Å². The number of rotatable bonds is 5. The van der Waals surface area contributed by atoms with Gasteiger partial charge in [0, 0.05) is 19.3 Å². The van der Waals surface area contributed by atoms with E-state index in [1.807, 2.05) is 0 Å². The lowest BCUT2D eigenvalue weighted by atomic mass is 10.3. The lowest BCUT2D eigenvalue weighted by Gasteiger charge is -2.31. The van der Waals surface area contributed by atoms with E-state index < -0.39 is 0 Å². The molecule has 19 heavy (non-hydrogen) atoms. The van der Waals surface area contributed by atoms with Gasteiger partial charge in [-0.2, -0.15) is 5.10 Å². The summed E-state index contributed by atoms with van der Waals surface area (Å²) in [6.07, 6.45) is 3.05. The second kappa shape index (κ2) is 6.53. The highest BCUT2D eigenvalue weighted by Gasteiger charge is 2.20. The second-order valence-electron chi connectivity index (χ2n) is 4.54. The van der Waals surface area contributed by atoms with Gasteiger partial charge >= 0.3 is 5.97 Å². The molecule has 1 aliphatic heterocycles. The number of nitrogens with zero attached hydrogens (tertiary/aromatic N) is 3. The molecule has 1 aromatic rings. The largest absolute Gasteiger partial charge is 0.461 e. The zero-order chi connectivity index (χ0) is 13.7. The van der Waals surface area contributed by atoms with Crippen LogP contribution < -0.4 is 5.73 Å². The number of likely N-dealkylation sites (N-methyl/N-ethyl adjacent to an activating group) is 1. The normalized spacial score (nSPS) is 20.4. The number of aromatic nitrogens is 2. The topological polar surface area (TPSA) is 82.6 Å². The van der Waals surface area contributed by atoms with Crippen LogP contribution in [0.5, 0.6) is 0 Å². The molecule has 1 saturated heterocycles. The Morgan fingerprint density at radius 2 is 2.53 bits per heavy atom. The third kappa shape index (κ3) is 4.22. The zero-order valence-corrected chi connectivity index (χ0v) is 11.1. The number of anilines is 1. The number of esters is 1. The van der Waals surface area contributed by atoms with E-state index in [1.54, 1.807) is 6.20 Å². The van der Waals surface area contributed by atoms with Gasteiger partial charge in [0.05, 0.1) is 18.5 Å². The van der Waals surface area contributed by atoms with Gasteiger partial charge < -0.3 is 15.2 Å². The Morgan fingerprint density at radius 1 is 1.68 bits per heavy atom. The van der Waals surface area contributed by atoms with E-state index in [1.165, 1.54) is 10.9 Å². The van der Waals surface area contributed by atoms with Gasteiger partial charge in [0.25, 0.3) is 0 Å². The molecule has 2 rings (SSSR count). The van der Waals surface area contributed by atoms with E-state index in [0.717, 1.165) is 19.6 Å². The standard InChI is InChI=1S/C12H20N4O3/c1-2-15-3-4-18-11(7-15)9-19-12(17)8-16-6-10(13)5-14-16/h5-6,11H,2-4,7-9,13H2,1H3. The minimum atomic E-state index is -0.333. The van der Waals surface area contributed by atoms with Crippen molar-refractivity contribution in [2.24, 2.45) is 0 Å². The number of morpholine rings is 1. The first-order valence-electron chi connectivity index (χ1n) is 6.45. The summed E-state index contributed by atoms with van der Waals surface area (Å²) in [7, 11) is 0. The van der Waals surface area contributed by atoms with Crippen molar-refractivity contribution in [1.82, 2.24) is 14.7 Å². The molecule has 7 heteroatoms. The van der Waals surface area contributed by atoms with Crippen molar-refractivity contribution in [3.63, 3.8) is 0 Å². The number of hydrogen-bond donors (Lipinski definition) is 1. The van der Waals surface area contributed by atoms with Crippen LogP contribution in [0.15, 0.2) is 12.4 Å². The molecule has 0 aliphatic carbocycles. The van der Waals surface area contributed by atoms with Gasteiger partial charge in [0.1, 0.15) is 19.3 Å². The molecule has 1 fully saturated rings. The average Bonchev–Trinajstić information content (AvgIpc) is 2.82. The first kappa shape index (κ1) is 13.8. The molecular formula is C12H20N4O3. The molecule has 1 aromatic heterocycles. The van der Waals surface area contributed by atoms with Crippen LogP contribution in [0.1, 0.15) is 6.92 Å². The lowest BCUT2D eigenvalue weighted by Crippen LogP contribution is -2.44. The fraction of sp³-hybridized carbons (Fsp3) is 0.667. The SMILES string of the molecule is CCN1CCOC(COC(=O)Cn2cc(N)cn2)C1. The van der Waals surface area contributed by atoms with E-state index in [9.17, 15) is 4.79 Å². The number of carbonyl (C=O) groups excluding carboxylic acids is 1. The molecule has 106 valence electrons. The first-order chi connectivity index (χ1) is 9.17. The summed E-state index contributed by atoms with van der Waals surface area (Å²) in [6, 6.07) is 0. The van der Waals surface area contributed by atoms with Crippen LogP contribution in [0.3, 0.4) is 0 Å². The van der Waals surface area contributed by atoms with Crippen molar-refractivity contribution in [1.29, 1.82) is 0 Å². The van der Waals surface area contributed by atoms with Gasteiger partial charge in [-0.3, -0.25) is 14.4 Å². The van der Waals surface area contributed by atoms with Gasteiger partial charge in [-0.15, -0.1) is 0 Å². The third-order valence-corrected chi connectivity index (χ3v) is 3.04.